The van der Waals surface area contributed by atoms with Crippen molar-refractivity contribution >= 4 is 11.6 Å². The number of halogens is 4. The molecule has 96 valence electrons. The van der Waals surface area contributed by atoms with E-state index < -0.39 is 18.8 Å². The lowest BCUT2D eigenvalue weighted by Crippen LogP contribution is -2.18. The molecule has 0 aliphatic carbocycles. The maximum Gasteiger partial charge on any atom is 0.574 e. The van der Waals surface area contributed by atoms with Gasteiger partial charge in [-0.05, 0) is 5.56 Å². The van der Waals surface area contributed by atoms with Crippen LogP contribution in [0, 0.1) is 0 Å². The smallest absolute Gasteiger partial charge is 0.481 e. The Morgan fingerprint density at radius 1 is 1.47 bits per heavy atom. The number of aromatic nitrogens is 1. The zero-order valence-electron chi connectivity index (χ0n) is 8.71. The Morgan fingerprint density at radius 2 is 2.12 bits per heavy atom. The molecule has 0 fully saturated rings. The van der Waals surface area contributed by atoms with Gasteiger partial charge >= 0.3 is 6.36 Å². The number of hydrogen-bond acceptors (Lipinski definition) is 4. The van der Waals surface area contributed by atoms with E-state index in [2.05, 4.69) is 9.72 Å². The molecule has 1 aromatic heterocycles. The molecule has 0 bridgehead atoms. The van der Waals surface area contributed by atoms with Crippen molar-refractivity contribution in [2.24, 2.45) is 0 Å². The minimum atomic E-state index is -4.84. The Bertz CT molecular complexity index is 373. The molecule has 17 heavy (non-hydrogen) atoms. The van der Waals surface area contributed by atoms with Gasteiger partial charge in [-0.25, -0.2) is 0 Å². The minimum Gasteiger partial charge on any atom is -0.481 e. The van der Waals surface area contributed by atoms with Gasteiger partial charge in [-0.3, -0.25) is 0 Å². The SMILES string of the molecule is COc1nc(OC(F)(F)F)cc(CCl)c1CO. The fourth-order valence-electron chi connectivity index (χ4n) is 1.20. The Morgan fingerprint density at radius 3 is 2.53 bits per heavy atom. The summed E-state index contributed by atoms with van der Waals surface area (Å²) >= 11 is 5.55. The van der Waals surface area contributed by atoms with E-state index in [1.165, 1.54) is 7.11 Å². The molecule has 0 saturated heterocycles. The fourth-order valence-corrected chi connectivity index (χ4v) is 1.44. The predicted octanol–water partition coefficient (Wildman–Crippen LogP) is 2.22. The van der Waals surface area contributed by atoms with Crippen molar-refractivity contribution in [1.82, 2.24) is 4.98 Å². The Balaban J connectivity index is 3.18. The maximum absolute atomic E-state index is 12.0. The number of alkyl halides is 4. The van der Waals surface area contributed by atoms with Crippen LogP contribution in [0.5, 0.6) is 11.8 Å². The first-order chi connectivity index (χ1) is 7.91. The van der Waals surface area contributed by atoms with E-state index in [4.69, 9.17) is 21.4 Å². The van der Waals surface area contributed by atoms with E-state index in [1.807, 2.05) is 0 Å². The number of hydrogen-bond donors (Lipinski definition) is 1. The first kappa shape index (κ1) is 13.9. The Hall–Kier alpha value is -1.21. The number of ether oxygens (including phenoxy) is 2. The van der Waals surface area contributed by atoms with E-state index >= 15 is 0 Å². The van der Waals surface area contributed by atoms with E-state index in [1.54, 1.807) is 0 Å². The standard InChI is InChI=1S/C9H9ClF3NO3/c1-16-8-6(4-15)5(3-10)2-7(14-8)17-9(11,12)13/h2,15H,3-4H2,1H3. The van der Waals surface area contributed by atoms with Crippen LogP contribution < -0.4 is 9.47 Å². The number of aliphatic hydroxyl groups excluding tert-OH is 1. The second-order valence-corrected chi connectivity index (χ2v) is 3.21. The van der Waals surface area contributed by atoms with Crippen LogP contribution in [0.1, 0.15) is 11.1 Å². The van der Waals surface area contributed by atoms with Crippen molar-refractivity contribution in [2.75, 3.05) is 7.11 Å². The van der Waals surface area contributed by atoms with Gasteiger partial charge in [0.1, 0.15) is 0 Å². The van der Waals surface area contributed by atoms with E-state index in [0.29, 0.717) is 0 Å². The number of aliphatic hydroxyl groups is 1. The molecule has 0 saturated carbocycles. The highest BCUT2D eigenvalue weighted by Gasteiger charge is 2.32. The molecular weight excluding hydrogens is 263 g/mol. The highest BCUT2D eigenvalue weighted by Crippen LogP contribution is 2.29. The van der Waals surface area contributed by atoms with Crippen molar-refractivity contribution in [3.05, 3.63) is 17.2 Å². The molecule has 0 radical (unpaired) electrons. The first-order valence-corrected chi connectivity index (χ1v) is 4.94. The van der Waals surface area contributed by atoms with Gasteiger partial charge in [0.15, 0.2) is 0 Å². The molecule has 0 atom stereocenters. The van der Waals surface area contributed by atoms with Crippen molar-refractivity contribution < 1.29 is 27.8 Å². The zero-order chi connectivity index (χ0) is 13.1. The molecule has 1 rings (SSSR count). The Labute approximate surface area is 99.9 Å². The molecule has 1 N–H and O–H groups in total. The summed E-state index contributed by atoms with van der Waals surface area (Å²) < 4.78 is 44.4. The zero-order valence-corrected chi connectivity index (χ0v) is 9.47. The summed E-state index contributed by atoms with van der Waals surface area (Å²) in [7, 11) is 1.22. The molecule has 4 nitrogen and oxygen atoms in total. The number of nitrogens with zero attached hydrogens (tertiary/aromatic N) is 1. The largest absolute Gasteiger partial charge is 0.574 e. The lowest BCUT2D eigenvalue weighted by Gasteiger charge is -2.13. The third-order valence-corrected chi connectivity index (χ3v) is 2.16. The van der Waals surface area contributed by atoms with Crippen LogP contribution in [-0.4, -0.2) is 23.6 Å². The van der Waals surface area contributed by atoms with Crippen LogP contribution >= 0.6 is 11.6 Å². The van der Waals surface area contributed by atoms with Gasteiger partial charge in [0.2, 0.25) is 11.8 Å². The van der Waals surface area contributed by atoms with Crippen molar-refractivity contribution in [1.29, 1.82) is 0 Å². The monoisotopic (exact) mass is 271 g/mol. The second kappa shape index (κ2) is 5.42. The summed E-state index contributed by atoms with van der Waals surface area (Å²) in [6.07, 6.45) is -4.84. The molecule has 0 aromatic carbocycles. The molecule has 1 aromatic rings. The molecule has 0 amide bonds. The van der Waals surface area contributed by atoms with Gasteiger partial charge in [-0.15, -0.1) is 24.8 Å². The number of rotatable bonds is 4. The second-order valence-electron chi connectivity index (χ2n) is 2.95. The summed E-state index contributed by atoms with van der Waals surface area (Å²) in [5, 5.41) is 9.04. The number of methoxy groups -OCH3 is 1. The van der Waals surface area contributed by atoms with Crippen LogP contribution in [0.3, 0.4) is 0 Å². The highest BCUT2D eigenvalue weighted by atomic mass is 35.5. The quantitative estimate of drug-likeness (QED) is 0.853. The fraction of sp³-hybridized carbons (Fsp3) is 0.444. The summed E-state index contributed by atoms with van der Waals surface area (Å²) in [6.45, 7) is -0.440. The van der Waals surface area contributed by atoms with Gasteiger partial charge in [-0.1, -0.05) is 0 Å². The van der Waals surface area contributed by atoms with Crippen LogP contribution in [0.15, 0.2) is 6.07 Å². The average molecular weight is 272 g/mol. The lowest BCUT2D eigenvalue weighted by atomic mass is 10.1. The van der Waals surface area contributed by atoms with Crippen molar-refractivity contribution in [3.8, 4) is 11.8 Å². The first-order valence-electron chi connectivity index (χ1n) is 4.40. The lowest BCUT2D eigenvalue weighted by molar-refractivity contribution is -0.276. The molecule has 0 aliphatic heterocycles. The highest BCUT2D eigenvalue weighted by molar-refractivity contribution is 6.17. The maximum atomic E-state index is 12.0. The number of pyridine rings is 1. The van der Waals surface area contributed by atoms with Gasteiger partial charge in [-0.2, -0.15) is 4.98 Å². The summed E-state index contributed by atoms with van der Waals surface area (Å²) in [6, 6.07) is 1.01. The molecule has 0 spiro atoms. The van der Waals surface area contributed by atoms with Crippen molar-refractivity contribution in [2.45, 2.75) is 18.8 Å². The van der Waals surface area contributed by atoms with Crippen molar-refractivity contribution in [3.63, 3.8) is 0 Å². The van der Waals surface area contributed by atoms with E-state index in [0.717, 1.165) is 6.07 Å². The van der Waals surface area contributed by atoms with Crippen LogP contribution in [0.25, 0.3) is 0 Å². The van der Waals surface area contributed by atoms with Gasteiger partial charge < -0.3 is 14.6 Å². The van der Waals surface area contributed by atoms with Gasteiger partial charge in [0, 0.05) is 17.5 Å². The topological polar surface area (TPSA) is 51.6 Å². The van der Waals surface area contributed by atoms with Gasteiger partial charge in [0.05, 0.1) is 13.7 Å². The van der Waals surface area contributed by atoms with Gasteiger partial charge in [0.25, 0.3) is 0 Å². The summed E-state index contributed by atoms with van der Waals surface area (Å²) in [5.74, 6) is -0.921. The summed E-state index contributed by atoms with van der Waals surface area (Å²) in [5.41, 5.74) is 0.497. The average Bonchev–Trinajstić information content (AvgIpc) is 2.25. The predicted molar refractivity (Wildman–Crippen MR) is 53.0 cm³/mol. The van der Waals surface area contributed by atoms with Crippen LogP contribution in [-0.2, 0) is 12.5 Å². The van der Waals surface area contributed by atoms with E-state index in [-0.39, 0.29) is 22.9 Å². The summed E-state index contributed by atoms with van der Waals surface area (Å²) in [4.78, 5) is 3.47. The van der Waals surface area contributed by atoms with E-state index in [9.17, 15) is 13.2 Å². The minimum absolute atomic E-state index is 0.0943. The molecule has 0 aliphatic rings. The van der Waals surface area contributed by atoms with Crippen LogP contribution in [0.4, 0.5) is 13.2 Å². The molecular formula is C9H9ClF3NO3. The third-order valence-electron chi connectivity index (χ3n) is 1.87. The third kappa shape index (κ3) is 3.64. The molecule has 1 heterocycles. The molecule has 0 unspecified atom stereocenters. The van der Waals surface area contributed by atoms with Crippen LogP contribution in [0.2, 0.25) is 0 Å². The Kier molecular flexibility index (Phi) is 4.41. The molecule has 8 heteroatoms. The normalized spacial score (nSPS) is 11.4.